The van der Waals surface area contributed by atoms with Crippen LogP contribution in [0.4, 0.5) is 22.0 Å². The molecule has 0 fully saturated rings. The molecule has 3 nitrogen and oxygen atoms in total. The normalized spacial score (nSPS) is 10.8. The van der Waals surface area contributed by atoms with Crippen molar-refractivity contribution in [1.82, 2.24) is 0 Å². The fraction of sp³-hybridized carbons (Fsp3) is 0.462. The second-order valence-corrected chi connectivity index (χ2v) is 4.05. The highest BCUT2D eigenvalue weighted by molar-refractivity contribution is 5.90. The summed E-state index contributed by atoms with van der Waals surface area (Å²) < 4.78 is 74.6. The van der Waals surface area contributed by atoms with E-state index in [0.717, 1.165) is 12.8 Å². The minimum atomic E-state index is -2.33. The van der Waals surface area contributed by atoms with E-state index in [9.17, 15) is 26.7 Å². The first-order valence-corrected chi connectivity index (χ1v) is 6.18. The van der Waals surface area contributed by atoms with Crippen molar-refractivity contribution in [2.45, 2.75) is 19.8 Å². The lowest BCUT2D eigenvalue weighted by Gasteiger charge is -2.09. The van der Waals surface area contributed by atoms with Gasteiger partial charge in [0.2, 0.25) is 5.82 Å². The van der Waals surface area contributed by atoms with Crippen molar-refractivity contribution in [1.29, 1.82) is 0 Å². The molecule has 0 aliphatic carbocycles. The Labute approximate surface area is 117 Å². The number of halogens is 5. The number of rotatable bonds is 7. The van der Waals surface area contributed by atoms with Gasteiger partial charge in [0.25, 0.3) is 0 Å². The molecule has 0 saturated carbocycles. The van der Waals surface area contributed by atoms with Gasteiger partial charge in [-0.25, -0.2) is 26.7 Å². The van der Waals surface area contributed by atoms with E-state index in [2.05, 4.69) is 4.74 Å². The molecule has 0 radical (unpaired) electrons. The van der Waals surface area contributed by atoms with Crippen LogP contribution < -0.4 is 0 Å². The standard InChI is InChI=1S/C13H13F5O3/c1-2-3-4-20-5-6-21-13(19)7-8(14)10(16)12(18)11(17)9(7)15/h2-6H2,1H3. The Hall–Kier alpha value is -1.70. The van der Waals surface area contributed by atoms with Crippen LogP contribution in [0.5, 0.6) is 0 Å². The Morgan fingerprint density at radius 3 is 1.90 bits per heavy atom. The minimum absolute atomic E-state index is 0.0405. The van der Waals surface area contributed by atoms with Gasteiger partial charge in [-0.2, -0.15) is 0 Å². The van der Waals surface area contributed by atoms with E-state index in [0.29, 0.717) is 6.61 Å². The van der Waals surface area contributed by atoms with Crippen molar-refractivity contribution >= 4 is 5.97 Å². The monoisotopic (exact) mass is 312 g/mol. The van der Waals surface area contributed by atoms with E-state index in [-0.39, 0.29) is 13.2 Å². The summed E-state index contributed by atoms with van der Waals surface area (Å²) in [5.74, 6) is -12.8. The first-order valence-electron chi connectivity index (χ1n) is 6.18. The highest BCUT2D eigenvalue weighted by atomic mass is 19.2. The number of carbonyl (C=O) groups excluding carboxylic acids is 1. The van der Waals surface area contributed by atoms with Gasteiger partial charge in [-0.1, -0.05) is 13.3 Å². The number of esters is 1. The summed E-state index contributed by atoms with van der Waals surface area (Å²) in [5.41, 5.74) is -1.61. The molecule has 0 aliphatic heterocycles. The molecule has 1 aromatic carbocycles. The topological polar surface area (TPSA) is 35.5 Å². The molecule has 0 spiro atoms. The Kier molecular flexibility index (Phi) is 6.54. The van der Waals surface area contributed by atoms with Crippen molar-refractivity contribution in [3.05, 3.63) is 34.6 Å². The third-order valence-electron chi connectivity index (χ3n) is 2.52. The van der Waals surface area contributed by atoms with Crippen molar-refractivity contribution in [2.24, 2.45) is 0 Å². The van der Waals surface area contributed by atoms with E-state index in [1.807, 2.05) is 6.92 Å². The summed E-state index contributed by atoms with van der Waals surface area (Å²) in [7, 11) is 0. The molecule has 0 unspecified atom stereocenters. The zero-order valence-electron chi connectivity index (χ0n) is 11.2. The Balaban J connectivity index is 2.71. The van der Waals surface area contributed by atoms with E-state index < -0.39 is 40.6 Å². The van der Waals surface area contributed by atoms with Crippen LogP contribution in [0.25, 0.3) is 0 Å². The summed E-state index contributed by atoms with van der Waals surface area (Å²) in [4.78, 5) is 11.4. The highest BCUT2D eigenvalue weighted by Gasteiger charge is 2.30. The molecule has 0 saturated heterocycles. The molecule has 21 heavy (non-hydrogen) atoms. The van der Waals surface area contributed by atoms with Gasteiger partial charge in [-0.05, 0) is 6.42 Å². The third-order valence-corrected chi connectivity index (χ3v) is 2.52. The van der Waals surface area contributed by atoms with Crippen LogP contribution >= 0.6 is 0 Å². The summed E-state index contributed by atoms with van der Waals surface area (Å²) in [6.45, 7) is 1.95. The fourth-order valence-corrected chi connectivity index (χ4v) is 1.40. The summed E-state index contributed by atoms with van der Waals surface area (Å²) in [6.07, 6.45) is 1.68. The van der Waals surface area contributed by atoms with Gasteiger partial charge < -0.3 is 9.47 Å². The zero-order chi connectivity index (χ0) is 16.0. The van der Waals surface area contributed by atoms with Gasteiger partial charge >= 0.3 is 5.97 Å². The second kappa shape index (κ2) is 7.92. The third kappa shape index (κ3) is 4.13. The zero-order valence-corrected chi connectivity index (χ0v) is 11.2. The molecule has 0 heterocycles. The number of ether oxygens (including phenoxy) is 2. The van der Waals surface area contributed by atoms with Crippen LogP contribution in [0.3, 0.4) is 0 Å². The quantitative estimate of drug-likeness (QED) is 0.255. The molecule has 0 aromatic heterocycles. The van der Waals surface area contributed by atoms with Gasteiger partial charge in [0.15, 0.2) is 23.3 Å². The lowest BCUT2D eigenvalue weighted by molar-refractivity contribution is 0.0302. The largest absolute Gasteiger partial charge is 0.459 e. The molecule has 0 aliphatic rings. The van der Waals surface area contributed by atoms with Crippen LogP contribution in [0.2, 0.25) is 0 Å². The molecule has 0 N–H and O–H groups in total. The molecule has 1 aromatic rings. The lowest BCUT2D eigenvalue weighted by atomic mass is 10.1. The Morgan fingerprint density at radius 2 is 1.38 bits per heavy atom. The van der Waals surface area contributed by atoms with E-state index >= 15 is 0 Å². The number of carbonyl (C=O) groups is 1. The van der Waals surface area contributed by atoms with E-state index in [1.165, 1.54) is 0 Å². The van der Waals surface area contributed by atoms with Crippen LogP contribution in [0.15, 0.2) is 0 Å². The van der Waals surface area contributed by atoms with Gasteiger partial charge in [0, 0.05) is 6.61 Å². The van der Waals surface area contributed by atoms with E-state index in [4.69, 9.17) is 4.74 Å². The van der Waals surface area contributed by atoms with Gasteiger partial charge in [-0.15, -0.1) is 0 Å². The lowest BCUT2D eigenvalue weighted by Crippen LogP contribution is -2.17. The van der Waals surface area contributed by atoms with Crippen molar-refractivity contribution in [3.8, 4) is 0 Å². The first-order chi connectivity index (χ1) is 9.91. The van der Waals surface area contributed by atoms with Gasteiger partial charge in [0.05, 0.1) is 6.61 Å². The number of hydrogen-bond acceptors (Lipinski definition) is 3. The van der Waals surface area contributed by atoms with Gasteiger partial charge in [-0.3, -0.25) is 0 Å². The van der Waals surface area contributed by atoms with Crippen LogP contribution in [0.1, 0.15) is 30.1 Å². The minimum Gasteiger partial charge on any atom is -0.459 e. The van der Waals surface area contributed by atoms with Crippen LogP contribution in [-0.4, -0.2) is 25.8 Å². The average molecular weight is 312 g/mol. The summed E-state index contributed by atoms with van der Waals surface area (Å²) in [6, 6.07) is 0. The van der Waals surface area contributed by atoms with Gasteiger partial charge in [0.1, 0.15) is 12.2 Å². The maximum Gasteiger partial charge on any atom is 0.344 e. The Bertz CT molecular complexity index is 490. The SMILES string of the molecule is CCCCOCCOC(=O)c1c(F)c(F)c(F)c(F)c1F. The first kappa shape index (κ1) is 17.4. The number of hydrogen-bond donors (Lipinski definition) is 0. The number of benzene rings is 1. The maximum absolute atomic E-state index is 13.3. The van der Waals surface area contributed by atoms with Crippen molar-refractivity contribution in [2.75, 3.05) is 19.8 Å². The number of unbranched alkanes of at least 4 members (excludes halogenated alkanes) is 1. The predicted octanol–water partition coefficient (Wildman–Crippen LogP) is 3.36. The van der Waals surface area contributed by atoms with Crippen molar-refractivity contribution < 1.29 is 36.2 Å². The van der Waals surface area contributed by atoms with Crippen LogP contribution in [-0.2, 0) is 9.47 Å². The van der Waals surface area contributed by atoms with Crippen molar-refractivity contribution in [3.63, 3.8) is 0 Å². The molecule has 0 bridgehead atoms. The molecular formula is C13H13F5O3. The maximum atomic E-state index is 13.3. The molecule has 8 heteroatoms. The molecule has 118 valence electrons. The van der Waals surface area contributed by atoms with E-state index in [1.54, 1.807) is 0 Å². The molecule has 0 atom stereocenters. The molecular weight excluding hydrogens is 299 g/mol. The van der Waals surface area contributed by atoms with Crippen LogP contribution in [0, 0.1) is 29.1 Å². The average Bonchev–Trinajstić information content (AvgIpc) is 2.47. The Morgan fingerprint density at radius 1 is 0.857 bits per heavy atom. The smallest absolute Gasteiger partial charge is 0.344 e. The molecule has 0 amide bonds. The highest BCUT2D eigenvalue weighted by Crippen LogP contribution is 2.23. The second-order valence-electron chi connectivity index (χ2n) is 4.05. The summed E-state index contributed by atoms with van der Waals surface area (Å²) in [5, 5.41) is 0. The molecule has 1 rings (SSSR count). The predicted molar refractivity (Wildman–Crippen MR) is 62.2 cm³/mol. The fourth-order valence-electron chi connectivity index (χ4n) is 1.40. The summed E-state index contributed by atoms with van der Waals surface area (Å²) >= 11 is 0.